The number of carbonyl (C=O) groups excluding carboxylic acids is 2. The number of carbonyl (C=O) groups is 2. The van der Waals surface area contributed by atoms with Gasteiger partial charge in [0.25, 0.3) is 0 Å². The minimum Gasteiger partial charge on any atom is -0.406 e. The van der Waals surface area contributed by atoms with E-state index in [0.717, 1.165) is 0 Å². The summed E-state index contributed by atoms with van der Waals surface area (Å²) in [6.07, 6.45) is -0.517. The topological polar surface area (TPSA) is 106 Å². The molecule has 2 heterocycles. The van der Waals surface area contributed by atoms with Gasteiger partial charge >= 0.3 is 6.36 Å². The summed E-state index contributed by atoms with van der Waals surface area (Å²) in [5.41, 5.74) is 1.63. The van der Waals surface area contributed by atoms with Gasteiger partial charge in [-0.1, -0.05) is 26.0 Å². The highest BCUT2D eigenvalue weighted by Crippen LogP contribution is 2.29. The monoisotopic (exact) mass is 475 g/mol. The first kappa shape index (κ1) is 26.4. The van der Waals surface area contributed by atoms with Crippen molar-refractivity contribution in [2.45, 2.75) is 33.7 Å². The van der Waals surface area contributed by atoms with Crippen LogP contribution < -0.4 is 15.4 Å². The number of pyridine rings is 1. The molecule has 8 nitrogen and oxygen atoms in total. The number of nitrogens with zero attached hydrogens (tertiary/aromatic N) is 3. The molecule has 3 rings (SSSR count). The summed E-state index contributed by atoms with van der Waals surface area (Å²) in [5, 5.41) is 5.53. The Kier molecular flexibility index (Phi) is 9.62. The molecule has 0 fully saturated rings. The molecule has 0 saturated carbocycles. The van der Waals surface area contributed by atoms with E-state index in [-0.39, 0.29) is 23.7 Å². The van der Waals surface area contributed by atoms with Crippen molar-refractivity contribution >= 4 is 17.4 Å². The lowest BCUT2D eigenvalue weighted by Gasteiger charge is -2.13. The molecular weight excluding hydrogens is 451 g/mol. The minimum absolute atomic E-state index is 0.0283. The number of amides is 1. The average molecular weight is 475 g/mol. The van der Waals surface area contributed by atoms with Gasteiger partial charge in [-0.3, -0.25) is 14.6 Å². The van der Waals surface area contributed by atoms with Crippen LogP contribution in [-0.2, 0) is 11.3 Å². The maximum absolute atomic E-state index is 12.5. The molecule has 2 aromatic heterocycles. The average Bonchev–Trinajstić information content (AvgIpc) is 2.80. The minimum atomic E-state index is -4.83. The lowest BCUT2D eigenvalue weighted by Crippen LogP contribution is -2.28. The number of hydrogen-bond acceptors (Lipinski definition) is 7. The van der Waals surface area contributed by atoms with Gasteiger partial charge in [0, 0.05) is 31.4 Å². The van der Waals surface area contributed by atoms with E-state index in [1.54, 1.807) is 18.3 Å². The van der Waals surface area contributed by atoms with E-state index in [0.29, 0.717) is 23.4 Å². The van der Waals surface area contributed by atoms with Crippen LogP contribution in [0.2, 0.25) is 0 Å². The van der Waals surface area contributed by atoms with Gasteiger partial charge in [0.15, 0.2) is 5.78 Å². The number of benzene rings is 1. The van der Waals surface area contributed by atoms with Gasteiger partial charge in [-0.15, -0.1) is 13.2 Å². The van der Waals surface area contributed by atoms with Crippen molar-refractivity contribution in [2.75, 3.05) is 11.9 Å². The summed E-state index contributed by atoms with van der Waals surface area (Å²) in [4.78, 5) is 36.2. The Morgan fingerprint density at radius 2 is 1.82 bits per heavy atom. The largest absolute Gasteiger partial charge is 0.573 e. The summed E-state index contributed by atoms with van der Waals surface area (Å²) in [6, 6.07) is 8.47. The molecule has 0 radical (unpaired) electrons. The molecule has 0 atom stereocenters. The van der Waals surface area contributed by atoms with Gasteiger partial charge in [0.05, 0.1) is 17.9 Å². The number of ketones is 1. The second-order valence-corrected chi connectivity index (χ2v) is 6.60. The standard InChI is InChI=1S/C21H18F3N5O3.C2H6/c1-13(30)20-18(29-19(31)11-26-10-16-5-6-25-12-28-16)8-15(9-27-20)14-3-2-4-17(7-14)32-21(22,23)24;1-2/h2-9,12,26H,10-11H2,1H3,(H,29,31);1-2H3. The predicted octanol–water partition coefficient (Wildman–Crippen LogP) is 4.39. The Morgan fingerprint density at radius 3 is 2.47 bits per heavy atom. The number of ether oxygens (including phenoxy) is 1. The van der Waals surface area contributed by atoms with Crippen LogP contribution in [0.4, 0.5) is 18.9 Å². The lowest BCUT2D eigenvalue weighted by molar-refractivity contribution is -0.274. The molecule has 34 heavy (non-hydrogen) atoms. The fraction of sp³-hybridized carbons (Fsp3) is 0.261. The molecule has 1 aromatic carbocycles. The molecule has 0 aliphatic carbocycles. The molecule has 0 aliphatic rings. The second kappa shape index (κ2) is 12.4. The predicted molar refractivity (Wildman–Crippen MR) is 120 cm³/mol. The molecule has 3 aromatic rings. The van der Waals surface area contributed by atoms with Gasteiger partial charge in [0.2, 0.25) is 5.91 Å². The van der Waals surface area contributed by atoms with Crippen LogP contribution in [0.15, 0.2) is 55.1 Å². The van der Waals surface area contributed by atoms with E-state index < -0.39 is 18.0 Å². The summed E-state index contributed by atoms with van der Waals surface area (Å²) < 4.78 is 41.4. The van der Waals surface area contributed by atoms with Crippen molar-refractivity contribution in [1.82, 2.24) is 20.3 Å². The number of hydrogen-bond donors (Lipinski definition) is 2. The van der Waals surface area contributed by atoms with Crippen LogP contribution in [0.3, 0.4) is 0 Å². The highest BCUT2D eigenvalue weighted by Gasteiger charge is 2.31. The van der Waals surface area contributed by atoms with Gasteiger partial charge in [0.1, 0.15) is 17.8 Å². The normalized spacial score (nSPS) is 10.6. The van der Waals surface area contributed by atoms with Crippen molar-refractivity contribution < 1.29 is 27.5 Å². The Morgan fingerprint density at radius 1 is 1.06 bits per heavy atom. The van der Waals surface area contributed by atoms with Gasteiger partial charge in [-0.05, 0) is 29.8 Å². The molecule has 0 aliphatic heterocycles. The molecule has 2 N–H and O–H groups in total. The third-order valence-electron chi connectivity index (χ3n) is 4.13. The first-order chi connectivity index (χ1) is 16.2. The Labute approximate surface area is 194 Å². The molecule has 180 valence electrons. The van der Waals surface area contributed by atoms with Crippen LogP contribution in [0.25, 0.3) is 11.1 Å². The van der Waals surface area contributed by atoms with Crippen LogP contribution in [0.1, 0.15) is 37.0 Å². The molecule has 0 bridgehead atoms. The molecule has 0 spiro atoms. The molecular formula is C23H24F3N5O3. The van der Waals surface area contributed by atoms with E-state index in [1.165, 1.54) is 43.7 Å². The zero-order chi connectivity index (χ0) is 25.1. The third kappa shape index (κ3) is 8.24. The highest BCUT2D eigenvalue weighted by molar-refractivity contribution is 6.03. The summed E-state index contributed by atoms with van der Waals surface area (Å²) >= 11 is 0. The number of Topliss-reactive ketones (excluding diaryl/α,β-unsaturated/α-hetero) is 1. The van der Waals surface area contributed by atoms with Gasteiger partial charge in [-0.2, -0.15) is 0 Å². The van der Waals surface area contributed by atoms with E-state index in [4.69, 9.17) is 0 Å². The fourth-order valence-corrected chi connectivity index (χ4v) is 2.79. The fourth-order valence-electron chi connectivity index (χ4n) is 2.79. The summed E-state index contributed by atoms with van der Waals surface area (Å²) in [7, 11) is 0. The third-order valence-corrected chi connectivity index (χ3v) is 4.13. The van der Waals surface area contributed by atoms with Crippen LogP contribution in [0, 0.1) is 0 Å². The molecule has 11 heteroatoms. The van der Waals surface area contributed by atoms with Crippen molar-refractivity contribution in [3.05, 3.63) is 66.5 Å². The quantitative estimate of drug-likeness (QED) is 0.465. The van der Waals surface area contributed by atoms with Crippen LogP contribution >= 0.6 is 0 Å². The number of aromatic nitrogens is 3. The van der Waals surface area contributed by atoms with E-state index in [9.17, 15) is 22.8 Å². The van der Waals surface area contributed by atoms with Crippen LogP contribution in [-0.4, -0.2) is 39.5 Å². The molecule has 0 unspecified atom stereocenters. The molecule has 1 amide bonds. The second-order valence-electron chi connectivity index (χ2n) is 6.60. The first-order valence-electron chi connectivity index (χ1n) is 10.3. The first-order valence-corrected chi connectivity index (χ1v) is 10.3. The Hall–Kier alpha value is -3.86. The smallest absolute Gasteiger partial charge is 0.406 e. The maximum Gasteiger partial charge on any atom is 0.573 e. The number of alkyl halides is 3. The van der Waals surface area contributed by atoms with Crippen LogP contribution in [0.5, 0.6) is 5.75 Å². The van der Waals surface area contributed by atoms with Crippen molar-refractivity contribution in [1.29, 1.82) is 0 Å². The SMILES string of the molecule is CC.CC(=O)c1ncc(-c2cccc(OC(F)(F)F)c2)cc1NC(=O)CNCc1ccncn1. The lowest BCUT2D eigenvalue weighted by atomic mass is 10.1. The van der Waals surface area contributed by atoms with Gasteiger partial charge in [-0.25, -0.2) is 9.97 Å². The van der Waals surface area contributed by atoms with Crippen molar-refractivity contribution in [3.63, 3.8) is 0 Å². The summed E-state index contributed by atoms with van der Waals surface area (Å²) in [6.45, 7) is 5.56. The van der Waals surface area contributed by atoms with Gasteiger partial charge < -0.3 is 15.4 Å². The number of anilines is 1. The Balaban J connectivity index is 0.00000199. The zero-order valence-electron chi connectivity index (χ0n) is 18.8. The van der Waals surface area contributed by atoms with Crippen molar-refractivity contribution in [3.8, 4) is 16.9 Å². The maximum atomic E-state index is 12.5. The zero-order valence-corrected chi connectivity index (χ0v) is 18.8. The van der Waals surface area contributed by atoms with E-state index in [2.05, 4.69) is 30.3 Å². The number of rotatable bonds is 8. The number of halogens is 3. The summed E-state index contributed by atoms with van der Waals surface area (Å²) in [5.74, 6) is -1.21. The van der Waals surface area contributed by atoms with E-state index in [1.807, 2.05) is 13.8 Å². The number of nitrogens with one attached hydrogen (secondary N) is 2. The van der Waals surface area contributed by atoms with E-state index >= 15 is 0 Å². The van der Waals surface area contributed by atoms with Crippen molar-refractivity contribution in [2.24, 2.45) is 0 Å². The molecule has 0 saturated heterocycles. The highest BCUT2D eigenvalue weighted by atomic mass is 19.4. The Bertz CT molecular complexity index is 1110.